The first kappa shape index (κ1) is 20.1. The van der Waals surface area contributed by atoms with Crippen molar-refractivity contribution in [3.05, 3.63) is 34.9 Å². The molecule has 0 bridgehead atoms. The Labute approximate surface area is 182 Å². The van der Waals surface area contributed by atoms with Crippen molar-refractivity contribution in [2.45, 2.75) is 78.6 Å². The minimum atomic E-state index is 0.197. The number of rotatable bonds is 2. The molecule has 4 fully saturated rings. The molecule has 158 valence electrons. The van der Waals surface area contributed by atoms with Gasteiger partial charge in [0, 0.05) is 16.5 Å². The maximum atomic E-state index is 13.5. The van der Waals surface area contributed by atoms with E-state index in [9.17, 15) is 4.79 Å². The van der Waals surface area contributed by atoms with Crippen molar-refractivity contribution in [1.29, 1.82) is 0 Å². The molecule has 1 nitrogen and oxygen atoms in total. The fourth-order valence-corrected chi connectivity index (χ4v) is 8.84. The number of hydrogen-bond donors (Lipinski definition) is 0. The van der Waals surface area contributed by atoms with E-state index in [2.05, 4.69) is 20.8 Å². The van der Waals surface area contributed by atoms with E-state index in [0.29, 0.717) is 16.2 Å². The second-order valence-electron chi connectivity index (χ2n) is 11.6. The first-order valence-electron chi connectivity index (χ1n) is 12.1. The van der Waals surface area contributed by atoms with Crippen LogP contribution in [0.3, 0.4) is 0 Å². The quantitative estimate of drug-likeness (QED) is 0.452. The van der Waals surface area contributed by atoms with Gasteiger partial charge in [0.05, 0.1) is 0 Å². The summed E-state index contributed by atoms with van der Waals surface area (Å²) in [6.07, 6.45) is 12.1. The summed E-state index contributed by atoms with van der Waals surface area (Å²) in [5.41, 5.74) is 1.62. The van der Waals surface area contributed by atoms with Gasteiger partial charge >= 0.3 is 0 Å². The third-order valence-electron chi connectivity index (χ3n) is 10.4. The van der Waals surface area contributed by atoms with E-state index in [1.165, 1.54) is 51.4 Å². The highest BCUT2D eigenvalue weighted by atomic mass is 35.5. The molecule has 4 aliphatic carbocycles. The molecule has 29 heavy (non-hydrogen) atoms. The molecule has 5 rings (SSSR count). The largest absolute Gasteiger partial charge is 0.294 e. The van der Waals surface area contributed by atoms with E-state index in [4.69, 9.17) is 11.6 Å². The number of hydrogen-bond acceptors (Lipinski definition) is 1. The molecule has 1 aromatic rings. The summed E-state index contributed by atoms with van der Waals surface area (Å²) in [4.78, 5) is 13.5. The molecule has 0 N–H and O–H groups in total. The molecule has 0 aliphatic heterocycles. The minimum absolute atomic E-state index is 0.197. The Morgan fingerprint density at radius 3 is 2.34 bits per heavy atom. The highest BCUT2D eigenvalue weighted by Crippen LogP contribution is 2.68. The monoisotopic (exact) mass is 412 g/mol. The lowest BCUT2D eigenvalue weighted by Crippen LogP contribution is -2.53. The molecule has 0 radical (unpaired) electrons. The Balaban J connectivity index is 1.40. The summed E-state index contributed by atoms with van der Waals surface area (Å²) in [5, 5.41) is 0.712. The van der Waals surface area contributed by atoms with Gasteiger partial charge < -0.3 is 0 Å². The Morgan fingerprint density at radius 1 is 0.897 bits per heavy atom. The number of benzene rings is 1. The highest BCUT2D eigenvalue weighted by Gasteiger charge is 2.61. The zero-order valence-corrected chi connectivity index (χ0v) is 19.2. The molecule has 0 aromatic heterocycles. The molecule has 0 heterocycles. The number of carbonyl (C=O) groups excluding carboxylic acids is 1. The summed E-state index contributed by atoms with van der Waals surface area (Å²) in [5.74, 6) is 4.95. The average molecular weight is 413 g/mol. The molecule has 0 saturated heterocycles. The maximum Gasteiger partial charge on any atom is 0.166 e. The first-order valence-corrected chi connectivity index (χ1v) is 12.5. The lowest BCUT2D eigenvalue weighted by molar-refractivity contribution is -0.114. The lowest BCUT2D eigenvalue weighted by Gasteiger charge is -2.61. The van der Waals surface area contributed by atoms with Crippen LogP contribution in [0.15, 0.2) is 24.3 Å². The van der Waals surface area contributed by atoms with Crippen molar-refractivity contribution >= 4 is 17.4 Å². The van der Waals surface area contributed by atoms with Crippen LogP contribution in [0.1, 0.15) is 88.9 Å². The lowest BCUT2D eigenvalue weighted by atomic mass is 9.44. The summed E-state index contributed by atoms with van der Waals surface area (Å²) >= 11 is 6.06. The molecule has 1 aromatic carbocycles. The topological polar surface area (TPSA) is 17.1 Å². The van der Waals surface area contributed by atoms with Crippen molar-refractivity contribution < 1.29 is 4.79 Å². The third kappa shape index (κ3) is 3.05. The van der Waals surface area contributed by atoms with Crippen LogP contribution in [-0.2, 0) is 0 Å². The Kier molecular flexibility index (Phi) is 4.93. The molecular weight excluding hydrogens is 376 g/mol. The van der Waals surface area contributed by atoms with Crippen molar-refractivity contribution in [2.75, 3.05) is 0 Å². The Hall–Kier alpha value is -0.820. The number of halogens is 1. The molecule has 0 spiro atoms. The van der Waals surface area contributed by atoms with E-state index in [1.54, 1.807) is 0 Å². The normalized spacial score (nSPS) is 46.5. The van der Waals surface area contributed by atoms with Crippen LogP contribution in [-0.4, -0.2) is 5.78 Å². The molecule has 2 heteroatoms. The maximum absolute atomic E-state index is 13.5. The fourth-order valence-electron chi connectivity index (χ4n) is 8.72. The summed E-state index contributed by atoms with van der Waals surface area (Å²) in [7, 11) is 0. The van der Waals surface area contributed by atoms with E-state index >= 15 is 0 Å². The number of Topliss-reactive ketones (excluding diaryl/α,β-unsaturated/α-hetero) is 1. The van der Waals surface area contributed by atoms with E-state index < -0.39 is 0 Å². The van der Waals surface area contributed by atoms with Gasteiger partial charge in [0.15, 0.2) is 5.78 Å². The predicted octanol–water partition coefficient (Wildman–Crippen LogP) is 7.82. The van der Waals surface area contributed by atoms with Crippen LogP contribution in [0, 0.1) is 46.3 Å². The van der Waals surface area contributed by atoms with Gasteiger partial charge in [-0.25, -0.2) is 0 Å². The summed E-state index contributed by atoms with van der Waals surface area (Å²) in [6.45, 7) is 7.58. The van der Waals surface area contributed by atoms with E-state index in [-0.39, 0.29) is 11.3 Å². The Bertz CT molecular complexity index is 784. The molecule has 8 unspecified atom stereocenters. The average Bonchev–Trinajstić information content (AvgIpc) is 3.06. The Morgan fingerprint density at radius 2 is 1.59 bits per heavy atom. The van der Waals surface area contributed by atoms with Crippen molar-refractivity contribution in [3.63, 3.8) is 0 Å². The molecule has 0 amide bonds. The molecule has 4 saturated carbocycles. The molecular formula is C27H37ClO. The van der Waals surface area contributed by atoms with Gasteiger partial charge in [-0.3, -0.25) is 4.79 Å². The van der Waals surface area contributed by atoms with Crippen LogP contribution in [0.5, 0.6) is 0 Å². The minimum Gasteiger partial charge on any atom is -0.294 e. The highest BCUT2D eigenvalue weighted by molar-refractivity contribution is 6.30. The number of fused-ring (bicyclic) bond motifs is 5. The molecule has 8 atom stereocenters. The summed E-state index contributed by atoms with van der Waals surface area (Å²) < 4.78 is 0. The first-order chi connectivity index (χ1) is 13.8. The van der Waals surface area contributed by atoms with Gasteiger partial charge in [-0.05, 0) is 116 Å². The van der Waals surface area contributed by atoms with Crippen molar-refractivity contribution in [2.24, 2.45) is 46.3 Å². The van der Waals surface area contributed by atoms with Gasteiger partial charge in [0.1, 0.15) is 0 Å². The standard InChI is InChI=1S/C27H37ClO/c1-17-12-14-26(2)19(16-17)6-9-21-22-10-11-24(27(22,3)15-13-23(21)26)25(29)18-4-7-20(28)8-5-18/h4-5,7-8,17,19,21-24H,6,9-16H2,1-3H3. The second-order valence-corrected chi connectivity index (χ2v) is 12.0. The van der Waals surface area contributed by atoms with Gasteiger partial charge in [0.25, 0.3) is 0 Å². The summed E-state index contributed by atoms with van der Waals surface area (Å²) in [6, 6.07) is 7.60. The van der Waals surface area contributed by atoms with Gasteiger partial charge in [-0.15, -0.1) is 0 Å². The van der Waals surface area contributed by atoms with Crippen LogP contribution < -0.4 is 0 Å². The zero-order valence-electron chi connectivity index (χ0n) is 18.4. The van der Waals surface area contributed by atoms with Crippen LogP contribution in [0.4, 0.5) is 0 Å². The number of carbonyl (C=O) groups is 1. The second kappa shape index (κ2) is 7.11. The van der Waals surface area contributed by atoms with Crippen LogP contribution in [0.2, 0.25) is 5.02 Å². The number of ketones is 1. The van der Waals surface area contributed by atoms with Gasteiger partial charge in [-0.2, -0.15) is 0 Å². The smallest absolute Gasteiger partial charge is 0.166 e. The predicted molar refractivity (Wildman–Crippen MR) is 120 cm³/mol. The van der Waals surface area contributed by atoms with E-state index in [0.717, 1.165) is 41.6 Å². The van der Waals surface area contributed by atoms with Gasteiger partial charge in [0.2, 0.25) is 0 Å². The van der Waals surface area contributed by atoms with Crippen LogP contribution in [0.25, 0.3) is 0 Å². The SMILES string of the molecule is CC1CCC2(C)C(CCC3C2CCC2(C)C(C(=O)c4ccc(Cl)cc4)CCC32)C1. The van der Waals surface area contributed by atoms with Crippen molar-refractivity contribution in [1.82, 2.24) is 0 Å². The van der Waals surface area contributed by atoms with Crippen LogP contribution >= 0.6 is 11.6 Å². The zero-order chi connectivity index (χ0) is 20.4. The van der Waals surface area contributed by atoms with Gasteiger partial charge in [-0.1, -0.05) is 38.8 Å². The fraction of sp³-hybridized carbons (Fsp3) is 0.741. The third-order valence-corrected chi connectivity index (χ3v) is 10.6. The molecule has 4 aliphatic rings. The van der Waals surface area contributed by atoms with E-state index in [1.807, 2.05) is 24.3 Å². The van der Waals surface area contributed by atoms with Crippen molar-refractivity contribution in [3.8, 4) is 0 Å².